The van der Waals surface area contributed by atoms with E-state index in [9.17, 15) is 0 Å². The SMILES string of the molecule is Cn1nnc(C=NO[Si](C)(C)C)c1C#N. The van der Waals surface area contributed by atoms with Gasteiger partial charge in [0, 0.05) is 7.05 Å². The van der Waals surface area contributed by atoms with Crippen molar-refractivity contribution in [2.24, 2.45) is 12.2 Å². The Morgan fingerprint density at radius 1 is 1.53 bits per heavy atom. The van der Waals surface area contributed by atoms with Crippen LogP contribution < -0.4 is 0 Å². The maximum atomic E-state index is 8.80. The fourth-order valence-corrected chi connectivity index (χ4v) is 1.19. The van der Waals surface area contributed by atoms with E-state index in [1.54, 1.807) is 7.05 Å². The number of oxime groups is 1. The van der Waals surface area contributed by atoms with Crippen molar-refractivity contribution in [3.63, 3.8) is 0 Å². The van der Waals surface area contributed by atoms with Crippen LogP contribution in [0.25, 0.3) is 0 Å². The zero-order valence-corrected chi connectivity index (χ0v) is 10.2. The van der Waals surface area contributed by atoms with Gasteiger partial charge in [-0.05, 0) is 19.6 Å². The van der Waals surface area contributed by atoms with Gasteiger partial charge in [-0.15, -0.1) is 10.3 Å². The molecule has 0 atom stereocenters. The monoisotopic (exact) mass is 223 g/mol. The van der Waals surface area contributed by atoms with E-state index in [0.717, 1.165) is 0 Å². The van der Waals surface area contributed by atoms with Crippen molar-refractivity contribution in [1.29, 1.82) is 5.26 Å². The van der Waals surface area contributed by atoms with Gasteiger partial charge in [0.15, 0.2) is 5.69 Å². The normalized spacial score (nSPS) is 11.7. The Balaban J connectivity index is 2.78. The van der Waals surface area contributed by atoms with E-state index >= 15 is 0 Å². The molecule has 6 nitrogen and oxygen atoms in total. The first kappa shape index (κ1) is 11.4. The molecule has 80 valence electrons. The van der Waals surface area contributed by atoms with Crippen LogP contribution in [-0.4, -0.2) is 29.5 Å². The lowest BCUT2D eigenvalue weighted by atomic mass is 10.3. The van der Waals surface area contributed by atoms with E-state index in [-0.39, 0.29) is 0 Å². The van der Waals surface area contributed by atoms with E-state index in [2.05, 4.69) is 15.5 Å². The number of hydrogen-bond donors (Lipinski definition) is 0. The topological polar surface area (TPSA) is 76.1 Å². The summed E-state index contributed by atoms with van der Waals surface area (Å²) in [6, 6.07) is 1.99. The predicted molar refractivity (Wildman–Crippen MR) is 57.7 cm³/mol. The lowest BCUT2D eigenvalue weighted by Crippen LogP contribution is -2.22. The third-order valence-corrected chi connectivity index (χ3v) is 2.11. The molecule has 0 unspecified atom stereocenters. The zero-order valence-electron chi connectivity index (χ0n) is 9.22. The van der Waals surface area contributed by atoms with Crippen LogP contribution in [0.15, 0.2) is 5.16 Å². The minimum Gasteiger partial charge on any atom is -0.456 e. The van der Waals surface area contributed by atoms with Gasteiger partial charge in [0.05, 0.1) is 6.21 Å². The van der Waals surface area contributed by atoms with E-state index in [1.165, 1.54) is 10.9 Å². The highest BCUT2D eigenvalue weighted by molar-refractivity contribution is 6.69. The van der Waals surface area contributed by atoms with Gasteiger partial charge in [-0.3, -0.25) is 0 Å². The first-order valence-electron chi connectivity index (χ1n) is 4.45. The summed E-state index contributed by atoms with van der Waals surface area (Å²) in [5, 5.41) is 20.1. The molecule has 0 bridgehead atoms. The summed E-state index contributed by atoms with van der Waals surface area (Å²) < 4.78 is 6.66. The Labute approximate surface area is 89.3 Å². The van der Waals surface area contributed by atoms with Crippen LogP contribution >= 0.6 is 0 Å². The first-order chi connectivity index (χ1) is 6.94. The second kappa shape index (κ2) is 4.23. The Morgan fingerprint density at radius 3 is 2.73 bits per heavy atom. The van der Waals surface area contributed by atoms with E-state index in [1.807, 2.05) is 25.7 Å². The molecule has 1 rings (SSSR count). The molecule has 1 aromatic heterocycles. The third kappa shape index (κ3) is 3.18. The van der Waals surface area contributed by atoms with Gasteiger partial charge < -0.3 is 4.53 Å². The lowest BCUT2D eigenvalue weighted by Gasteiger charge is -2.11. The summed E-state index contributed by atoms with van der Waals surface area (Å²) >= 11 is 0. The number of nitrogens with zero attached hydrogens (tertiary/aromatic N) is 5. The first-order valence-corrected chi connectivity index (χ1v) is 7.86. The maximum absolute atomic E-state index is 8.80. The van der Waals surface area contributed by atoms with Gasteiger partial charge in [-0.1, -0.05) is 5.21 Å². The van der Waals surface area contributed by atoms with Crippen molar-refractivity contribution >= 4 is 14.5 Å². The number of aryl methyl sites for hydroxylation is 1. The number of hydrogen-bond acceptors (Lipinski definition) is 5. The second-order valence-corrected chi connectivity index (χ2v) is 8.40. The van der Waals surface area contributed by atoms with Gasteiger partial charge in [0.1, 0.15) is 11.8 Å². The van der Waals surface area contributed by atoms with Crippen molar-refractivity contribution in [1.82, 2.24) is 15.0 Å². The highest BCUT2D eigenvalue weighted by atomic mass is 28.4. The quantitative estimate of drug-likeness (QED) is 0.433. The second-order valence-electron chi connectivity index (χ2n) is 4.00. The molecule has 0 amide bonds. The average molecular weight is 223 g/mol. The van der Waals surface area contributed by atoms with Crippen LogP contribution in [-0.2, 0) is 11.6 Å². The molecular formula is C8H13N5OSi. The molecule has 15 heavy (non-hydrogen) atoms. The molecular weight excluding hydrogens is 210 g/mol. The summed E-state index contributed by atoms with van der Waals surface area (Å²) in [7, 11) is -0.0126. The molecule has 0 aliphatic rings. The van der Waals surface area contributed by atoms with Crippen molar-refractivity contribution in [3.05, 3.63) is 11.4 Å². The van der Waals surface area contributed by atoms with Crippen LogP contribution in [0.5, 0.6) is 0 Å². The molecule has 1 aromatic rings. The summed E-state index contributed by atoms with van der Waals surface area (Å²) in [5.74, 6) is 0. The molecule has 0 spiro atoms. The molecule has 1 heterocycles. The van der Waals surface area contributed by atoms with Gasteiger partial charge >= 0.3 is 0 Å². The van der Waals surface area contributed by atoms with E-state index in [4.69, 9.17) is 9.79 Å². The molecule has 0 saturated carbocycles. The Kier molecular flexibility index (Phi) is 3.21. The molecule has 0 fully saturated rings. The van der Waals surface area contributed by atoms with Gasteiger partial charge in [0.25, 0.3) is 8.32 Å². The predicted octanol–water partition coefficient (Wildman–Crippen LogP) is 0.872. The smallest absolute Gasteiger partial charge is 0.278 e. The fraction of sp³-hybridized carbons (Fsp3) is 0.500. The molecule has 7 heteroatoms. The minimum atomic E-state index is -1.67. The Morgan fingerprint density at radius 2 is 2.20 bits per heavy atom. The van der Waals surface area contributed by atoms with Crippen LogP contribution in [0.1, 0.15) is 11.4 Å². The van der Waals surface area contributed by atoms with Crippen LogP contribution in [0.2, 0.25) is 19.6 Å². The van der Waals surface area contributed by atoms with Crippen molar-refractivity contribution in [2.75, 3.05) is 0 Å². The average Bonchev–Trinajstić information content (AvgIpc) is 2.44. The summed E-state index contributed by atoms with van der Waals surface area (Å²) in [6.07, 6.45) is 1.42. The summed E-state index contributed by atoms with van der Waals surface area (Å²) in [5.41, 5.74) is 0.802. The largest absolute Gasteiger partial charge is 0.456 e. The summed E-state index contributed by atoms with van der Waals surface area (Å²) in [4.78, 5) is 0. The summed E-state index contributed by atoms with van der Waals surface area (Å²) in [6.45, 7) is 6.06. The van der Waals surface area contributed by atoms with Crippen molar-refractivity contribution < 1.29 is 4.53 Å². The van der Waals surface area contributed by atoms with E-state index in [0.29, 0.717) is 11.4 Å². The lowest BCUT2D eigenvalue weighted by molar-refractivity contribution is 0.338. The number of rotatable bonds is 3. The van der Waals surface area contributed by atoms with E-state index < -0.39 is 8.32 Å². The fourth-order valence-electron chi connectivity index (χ4n) is 0.824. The number of nitriles is 1. The minimum absolute atomic E-state index is 0.373. The highest BCUT2D eigenvalue weighted by Crippen LogP contribution is 2.04. The van der Waals surface area contributed by atoms with Gasteiger partial charge in [0.2, 0.25) is 0 Å². The van der Waals surface area contributed by atoms with Gasteiger partial charge in [-0.2, -0.15) is 5.26 Å². The molecule has 0 aromatic carbocycles. The third-order valence-electron chi connectivity index (χ3n) is 1.46. The maximum Gasteiger partial charge on any atom is 0.278 e. The van der Waals surface area contributed by atoms with Crippen LogP contribution in [0.4, 0.5) is 0 Å². The highest BCUT2D eigenvalue weighted by Gasteiger charge is 2.15. The van der Waals surface area contributed by atoms with Crippen LogP contribution in [0, 0.1) is 11.3 Å². The van der Waals surface area contributed by atoms with Gasteiger partial charge in [-0.25, -0.2) is 4.68 Å². The molecule has 0 aliphatic carbocycles. The Bertz CT molecular complexity index is 412. The standard InChI is InChI=1S/C8H13N5OSi/c1-13-8(5-9)7(11-12-13)6-10-14-15(2,3)4/h6H,1-4H3. The molecule has 0 saturated heterocycles. The molecule has 0 aliphatic heterocycles. The van der Waals surface area contributed by atoms with Crippen LogP contribution in [0.3, 0.4) is 0 Å². The van der Waals surface area contributed by atoms with Crippen molar-refractivity contribution in [3.8, 4) is 6.07 Å². The molecule has 0 radical (unpaired) electrons. The zero-order chi connectivity index (χ0) is 11.5. The Hall–Kier alpha value is -1.68. The molecule has 0 N–H and O–H groups in total. The van der Waals surface area contributed by atoms with Crippen molar-refractivity contribution in [2.45, 2.75) is 19.6 Å². The number of aromatic nitrogens is 3.